The van der Waals surface area contributed by atoms with Crippen LogP contribution in [0, 0.1) is 0 Å². The second-order valence-electron chi connectivity index (χ2n) is 5.83. The van der Waals surface area contributed by atoms with Gasteiger partial charge >= 0.3 is 0 Å². The zero-order valence-corrected chi connectivity index (χ0v) is 17.8. The summed E-state index contributed by atoms with van der Waals surface area (Å²) in [7, 11) is 0. The molecule has 1 aromatic rings. The van der Waals surface area contributed by atoms with E-state index in [1.165, 1.54) is 0 Å². The Bertz CT molecular complexity index is 747. The molecular formula is C18H24BrN3O3S. The molecule has 6 nitrogen and oxygen atoms in total. The van der Waals surface area contributed by atoms with Gasteiger partial charge in [-0.25, -0.2) is 0 Å². The maximum Gasteiger partial charge on any atom is 0.253 e. The van der Waals surface area contributed by atoms with Gasteiger partial charge in [-0.15, -0.1) is 0 Å². The van der Waals surface area contributed by atoms with Crippen molar-refractivity contribution in [2.24, 2.45) is 0 Å². The highest BCUT2D eigenvalue weighted by atomic mass is 79.9. The molecule has 1 amide bonds. The molecule has 142 valence electrons. The normalized spacial score (nSPS) is 16.8. The van der Waals surface area contributed by atoms with E-state index in [-0.39, 0.29) is 11.7 Å². The minimum absolute atomic E-state index is 0.0319. The molecule has 1 aromatic carbocycles. The lowest BCUT2D eigenvalue weighted by molar-refractivity contribution is -0.127. The molecule has 0 aromatic heterocycles. The molecule has 1 atom stereocenters. The van der Waals surface area contributed by atoms with E-state index < -0.39 is 6.04 Å². The summed E-state index contributed by atoms with van der Waals surface area (Å²) in [6.45, 7) is 9.24. The van der Waals surface area contributed by atoms with Crippen molar-refractivity contribution in [3.8, 4) is 11.5 Å². The number of aromatic hydroxyl groups is 1. The lowest BCUT2D eigenvalue weighted by Crippen LogP contribution is -2.47. The molecule has 0 saturated heterocycles. The number of hydrogen-bond donors (Lipinski definition) is 3. The van der Waals surface area contributed by atoms with E-state index in [4.69, 9.17) is 17.0 Å². The number of carbonyl (C=O) groups excluding carboxylic acids is 1. The molecule has 0 saturated carbocycles. The van der Waals surface area contributed by atoms with Crippen molar-refractivity contribution >= 4 is 39.2 Å². The van der Waals surface area contributed by atoms with E-state index in [1.54, 1.807) is 17.0 Å². The van der Waals surface area contributed by atoms with Crippen LogP contribution in [0.2, 0.25) is 0 Å². The maximum atomic E-state index is 13.1. The molecular weight excluding hydrogens is 418 g/mol. The molecule has 2 rings (SSSR count). The third kappa shape index (κ3) is 4.12. The van der Waals surface area contributed by atoms with Crippen LogP contribution in [-0.2, 0) is 4.79 Å². The summed E-state index contributed by atoms with van der Waals surface area (Å²) in [5, 5.41) is 16.8. The van der Waals surface area contributed by atoms with Crippen molar-refractivity contribution in [2.75, 3.05) is 19.7 Å². The van der Waals surface area contributed by atoms with Crippen LogP contribution in [0.25, 0.3) is 0 Å². The topological polar surface area (TPSA) is 73.8 Å². The maximum absolute atomic E-state index is 13.1. The van der Waals surface area contributed by atoms with E-state index in [2.05, 4.69) is 26.6 Å². The fourth-order valence-corrected chi connectivity index (χ4v) is 3.67. The number of halogens is 1. The van der Waals surface area contributed by atoms with Crippen molar-refractivity contribution in [3.63, 3.8) is 0 Å². The molecule has 0 bridgehead atoms. The molecule has 3 N–H and O–H groups in total. The highest BCUT2D eigenvalue weighted by molar-refractivity contribution is 9.10. The zero-order chi connectivity index (χ0) is 19.4. The Labute approximate surface area is 167 Å². The molecule has 1 aliphatic heterocycles. The Hall–Kier alpha value is -1.80. The minimum atomic E-state index is -0.437. The van der Waals surface area contributed by atoms with Gasteiger partial charge in [0.05, 0.1) is 22.7 Å². The first-order valence-corrected chi connectivity index (χ1v) is 9.76. The lowest BCUT2D eigenvalue weighted by Gasteiger charge is -2.33. The first-order chi connectivity index (χ1) is 12.3. The number of rotatable bonds is 6. The van der Waals surface area contributed by atoms with Gasteiger partial charge in [0.25, 0.3) is 5.91 Å². The summed E-state index contributed by atoms with van der Waals surface area (Å²) < 4.78 is 6.02. The Balaban J connectivity index is 2.56. The van der Waals surface area contributed by atoms with Crippen LogP contribution in [0.15, 0.2) is 27.9 Å². The number of likely N-dealkylation sites (N-methyl/N-ethyl adjacent to an activating group) is 1. The number of carbonyl (C=O) groups is 1. The number of ether oxygens (including phenoxy) is 1. The van der Waals surface area contributed by atoms with Gasteiger partial charge in [0.1, 0.15) is 0 Å². The zero-order valence-electron chi connectivity index (χ0n) is 15.4. The van der Waals surface area contributed by atoms with Gasteiger partial charge < -0.3 is 25.4 Å². The van der Waals surface area contributed by atoms with E-state index in [1.807, 2.05) is 27.7 Å². The highest BCUT2D eigenvalue weighted by Crippen LogP contribution is 2.39. The molecule has 0 spiro atoms. The van der Waals surface area contributed by atoms with Gasteiger partial charge in [0, 0.05) is 18.8 Å². The molecule has 0 radical (unpaired) electrons. The second-order valence-corrected chi connectivity index (χ2v) is 7.09. The average Bonchev–Trinajstić information content (AvgIpc) is 2.59. The monoisotopic (exact) mass is 441 g/mol. The Morgan fingerprint density at radius 1 is 1.35 bits per heavy atom. The van der Waals surface area contributed by atoms with Crippen molar-refractivity contribution in [3.05, 3.63) is 33.4 Å². The molecule has 0 unspecified atom stereocenters. The molecule has 1 heterocycles. The standard InChI is InChI=1S/C18H24BrN3O3S/c1-5-22(6-2)17(24)14-10(4)20-18(26)21-15(14)11-8-12(19)16(23)13(9-11)25-7-3/h8-9,15,23H,5-7H2,1-4H3,(H2,20,21,26)/t15-/m1/s1. The summed E-state index contributed by atoms with van der Waals surface area (Å²) in [5.74, 6) is 0.335. The van der Waals surface area contributed by atoms with E-state index >= 15 is 0 Å². The first-order valence-electron chi connectivity index (χ1n) is 8.56. The number of phenols is 1. The molecule has 1 aliphatic rings. The average molecular weight is 442 g/mol. The van der Waals surface area contributed by atoms with Crippen molar-refractivity contribution in [1.29, 1.82) is 0 Å². The third-order valence-corrected chi connectivity index (χ3v) is 5.06. The smallest absolute Gasteiger partial charge is 0.253 e. The summed E-state index contributed by atoms with van der Waals surface area (Å²) in [6.07, 6.45) is 0. The second kappa shape index (κ2) is 8.73. The first kappa shape index (κ1) is 20.5. The number of thiocarbonyl (C=S) groups is 1. The Morgan fingerprint density at radius 3 is 2.58 bits per heavy atom. The number of amides is 1. The van der Waals surface area contributed by atoms with Crippen LogP contribution >= 0.6 is 28.1 Å². The number of hydrogen-bond acceptors (Lipinski definition) is 4. The van der Waals surface area contributed by atoms with Crippen LogP contribution in [-0.4, -0.2) is 40.7 Å². The van der Waals surface area contributed by atoms with E-state index in [0.717, 1.165) is 11.3 Å². The summed E-state index contributed by atoms with van der Waals surface area (Å²) in [6, 6.07) is 3.07. The van der Waals surface area contributed by atoms with E-state index in [9.17, 15) is 9.90 Å². The predicted molar refractivity (Wildman–Crippen MR) is 109 cm³/mol. The quantitative estimate of drug-likeness (QED) is 0.588. The molecule has 26 heavy (non-hydrogen) atoms. The SMILES string of the molecule is CCOc1cc([C@H]2NC(=S)NC(C)=C2C(=O)N(CC)CC)cc(Br)c1O. The van der Waals surface area contributed by atoms with Crippen molar-refractivity contribution < 1.29 is 14.6 Å². The van der Waals surface area contributed by atoms with Gasteiger partial charge in [-0.2, -0.15) is 0 Å². The van der Waals surface area contributed by atoms with Gasteiger partial charge in [-0.1, -0.05) is 0 Å². The van der Waals surface area contributed by atoms with Crippen molar-refractivity contribution in [1.82, 2.24) is 15.5 Å². The number of nitrogens with zero attached hydrogens (tertiary/aromatic N) is 1. The number of benzene rings is 1. The van der Waals surface area contributed by atoms with Gasteiger partial charge in [0.2, 0.25) is 0 Å². The van der Waals surface area contributed by atoms with E-state index in [0.29, 0.717) is 40.6 Å². The summed E-state index contributed by atoms with van der Waals surface area (Å²) in [4.78, 5) is 14.8. The van der Waals surface area contributed by atoms with Crippen LogP contribution in [0.3, 0.4) is 0 Å². The lowest BCUT2D eigenvalue weighted by atomic mass is 9.94. The molecule has 0 aliphatic carbocycles. The predicted octanol–water partition coefficient (Wildman–Crippen LogP) is 3.21. The number of phenolic OH excluding ortho intramolecular Hbond substituents is 1. The number of allylic oxidation sites excluding steroid dienone is 1. The fourth-order valence-electron chi connectivity index (χ4n) is 2.93. The Morgan fingerprint density at radius 2 is 2.00 bits per heavy atom. The van der Waals surface area contributed by atoms with Crippen molar-refractivity contribution in [2.45, 2.75) is 33.7 Å². The fraction of sp³-hybridized carbons (Fsp3) is 0.444. The highest BCUT2D eigenvalue weighted by Gasteiger charge is 2.32. The van der Waals surface area contributed by atoms with Crippen LogP contribution in [0.5, 0.6) is 11.5 Å². The number of nitrogens with one attached hydrogen (secondary N) is 2. The van der Waals surface area contributed by atoms with Crippen LogP contribution in [0.1, 0.15) is 39.3 Å². The van der Waals surface area contributed by atoms with Gasteiger partial charge in [0.15, 0.2) is 16.6 Å². The summed E-state index contributed by atoms with van der Waals surface area (Å²) >= 11 is 8.65. The Kier molecular flexibility index (Phi) is 6.88. The largest absolute Gasteiger partial charge is 0.503 e. The molecule has 0 fully saturated rings. The summed E-state index contributed by atoms with van der Waals surface area (Å²) in [5.41, 5.74) is 2.09. The van der Waals surface area contributed by atoms with Gasteiger partial charge in [-0.3, -0.25) is 4.79 Å². The third-order valence-electron chi connectivity index (χ3n) is 4.23. The van der Waals surface area contributed by atoms with Crippen LogP contribution in [0.4, 0.5) is 0 Å². The van der Waals surface area contributed by atoms with Crippen LogP contribution < -0.4 is 15.4 Å². The van der Waals surface area contributed by atoms with Gasteiger partial charge in [-0.05, 0) is 73.5 Å². The minimum Gasteiger partial charge on any atom is -0.503 e. The molecule has 8 heteroatoms.